The lowest BCUT2D eigenvalue weighted by atomic mass is 9.97. The second kappa shape index (κ2) is 6.31. The van der Waals surface area contributed by atoms with E-state index in [1.807, 2.05) is 67.7 Å². The minimum absolute atomic E-state index is 0.0941. The number of aryl methyl sites for hydroxylation is 1. The molecule has 4 nitrogen and oxygen atoms in total. The van der Waals surface area contributed by atoms with E-state index < -0.39 is 0 Å². The van der Waals surface area contributed by atoms with Crippen LogP contribution in [0.2, 0.25) is 0 Å². The summed E-state index contributed by atoms with van der Waals surface area (Å²) < 4.78 is 0. The topological polar surface area (TPSA) is 46.1 Å². The Labute approximate surface area is 158 Å². The molecule has 0 radical (unpaired) electrons. The molecule has 4 heteroatoms. The number of benzene rings is 2. The van der Waals surface area contributed by atoms with Gasteiger partial charge < -0.3 is 4.90 Å². The van der Waals surface area contributed by atoms with E-state index >= 15 is 0 Å². The minimum Gasteiger partial charge on any atom is -0.328 e. The first kappa shape index (κ1) is 16.2. The van der Waals surface area contributed by atoms with Crippen molar-refractivity contribution >= 4 is 5.91 Å². The highest BCUT2D eigenvalue weighted by atomic mass is 16.2. The Balaban J connectivity index is 1.50. The van der Waals surface area contributed by atoms with Gasteiger partial charge >= 0.3 is 0 Å². The molecule has 3 heterocycles. The summed E-state index contributed by atoms with van der Waals surface area (Å²) in [6, 6.07) is 18.3. The van der Waals surface area contributed by atoms with Crippen LogP contribution in [0.4, 0.5) is 0 Å². The average Bonchev–Trinajstić information content (AvgIpc) is 3.02. The first-order valence-corrected chi connectivity index (χ1v) is 9.51. The molecule has 27 heavy (non-hydrogen) atoms. The molecule has 2 atom stereocenters. The second-order valence-corrected chi connectivity index (χ2v) is 7.49. The molecular formula is C23H21N3O. The minimum atomic E-state index is 0.0941. The summed E-state index contributed by atoms with van der Waals surface area (Å²) in [5, 5.41) is 0. The van der Waals surface area contributed by atoms with Gasteiger partial charge in [0.15, 0.2) is 5.82 Å². The van der Waals surface area contributed by atoms with Crippen LogP contribution in [0.3, 0.4) is 0 Å². The van der Waals surface area contributed by atoms with E-state index in [0.717, 1.165) is 53.0 Å². The van der Waals surface area contributed by atoms with E-state index in [4.69, 9.17) is 4.98 Å². The molecule has 2 aliphatic rings. The number of rotatable bonds is 2. The number of hydrogen-bond acceptors (Lipinski definition) is 3. The zero-order chi connectivity index (χ0) is 18.4. The molecule has 134 valence electrons. The quantitative estimate of drug-likeness (QED) is 0.686. The molecule has 0 saturated carbocycles. The van der Waals surface area contributed by atoms with Crippen LogP contribution in [-0.4, -0.2) is 26.8 Å². The summed E-state index contributed by atoms with van der Waals surface area (Å²) >= 11 is 0. The number of aromatic nitrogens is 2. The molecule has 1 aromatic heterocycles. The molecule has 2 bridgehead atoms. The van der Waals surface area contributed by atoms with Crippen LogP contribution in [0.15, 0.2) is 60.8 Å². The van der Waals surface area contributed by atoms with E-state index in [1.54, 1.807) is 0 Å². The number of hydrogen-bond donors (Lipinski definition) is 0. The SMILES string of the molecule is Cc1cccc(C(=O)N2C3CCC2c2cnc(-c4ccccc4)nc2C3)c1. The first-order valence-electron chi connectivity index (χ1n) is 9.51. The predicted octanol–water partition coefficient (Wildman–Crippen LogP) is 4.35. The Hall–Kier alpha value is -3.01. The van der Waals surface area contributed by atoms with Crippen molar-refractivity contribution in [2.24, 2.45) is 0 Å². The molecular weight excluding hydrogens is 334 g/mol. The molecule has 1 saturated heterocycles. The van der Waals surface area contributed by atoms with Gasteiger partial charge in [0.2, 0.25) is 0 Å². The standard InChI is InChI=1S/C23H21N3O/c1-15-6-5-9-17(12-15)23(27)26-18-10-11-21(26)19-14-24-22(25-20(19)13-18)16-7-3-2-4-8-16/h2-9,12,14,18,21H,10-11,13H2,1H3. The van der Waals surface area contributed by atoms with E-state index in [2.05, 4.69) is 9.88 Å². The maximum Gasteiger partial charge on any atom is 0.254 e. The Morgan fingerprint density at radius 3 is 2.74 bits per heavy atom. The molecule has 1 fully saturated rings. The highest BCUT2D eigenvalue weighted by molar-refractivity contribution is 5.95. The Morgan fingerprint density at radius 1 is 1.07 bits per heavy atom. The molecule has 3 aromatic rings. The molecule has 2 aromatic carbocycles. The van der Waals surface area contributed by atoms with Crippen LogP contribution in [0.25, 0.3) is 11.4 Å². The van der Waals surface area contributed by atoms with Crippen molar-refractivity contribution in [3.63, 3.8) is 0 Å². The lowest BCUT2D eigenvalue weighted by Crippen LogP contribution is -2.42. The van der Waals surface area contributed by atoms with E-state index in [1.165, 1.54) is 0 Å². The van der Waals surface area contributed by atoms with Gasteiger partial charge in [0.1, 0.15) is 0 Å². The summed E-state index contributed by atoms with van der Waals surface area (Å²) in [5.74, 6) is 0.899. The average molecular weight is 355 g/mol. The monoisotopic (exact) mass is 355 g/mol. The zero-order valence-electron chi connectivity index (χ0n) is 15.3. The van der Waals surface area contributed by atoms with E-state index in [-0.39, 0.29) is 18.0 Å². The van der Waals surface area contributed by atoms with Crippen LogP contribution in [-0.2, 0) is 6.42 Å². The van der Waals surface area contributed by atoms with E-state index in [0.29, 0.717) is 0 Å². The van der Waals surface area contributed by atoms with Gasteiger partial charge in [-0.2, -0.15) is 0 Å². The maximum absolute atomic E-state index is 13.2. The normalized spacial score (nSPS) is 20.4. The smallest absolute Gasteiger partial charge is 0.254 e. The van der Waals surface area contributed by atoms with Gasteiger partial charge in [0.05, 0.1) is 11.7 Å². The predicted molar refractivity (Wildman–Crippen MR) is 104 cm³/mol. The maximum atomic E-state index is 13.2. The summed E-state index contributed by atoms with van der Waals surface area (Å²) in [7, 11) is 0. The molecule has 5 rings (SSSR count). The molecule has 2 unspecified atom stereocenters. The fourth-order valence-corrected chi connectivity index (χ4v) is 4.44. The molecule has 1 amide bonds. The summed E-state index contributed by atoms with van der Waals surface area (Å²) in [5.41, 5.74) is 5.14. The first-order chi connectivity index (χ1) is 13.2. The largest absolute Gasteiger partial charge is 0.328 e. The van der Waals surface area contributed by atoms with Gasteiger partial charge in [0, 0.05) is 35.3 Å². The highest BCUT2D eigenvalue weighted by Gasteiger charge is 2.43. The van der Waals surface area contributed by atoms with Crippen molar-refractivity contribution in [3.05, 3.63) is 83.2 Å². The van der Waals surface area contributed by atoms with Crippen LogP contribution >= 0.6 is 0 Å². The number of nitrogens with zero attached hydrogens (tertiary/aromatic N) is 3. The number of carbonyl (C=O) groups is 1. The van der Waals surface area contributed by atoms with Gasteiger partial charge in [-0.05, 0) is 31.9 Å². The van der Waals surface area contributed by atoms with Crippen LogP contribution in [0.5, 0.6) is 0 Å². The Kier molecular flexibility index (Phi) is 3.78. The summed E-state index contributed by atoms with van der Waals surface area (Å²) in [4.78, 5) is 24.7. The molecule has 0 aliphatic carbocycles. The van der Waals surface area contributed by atoms with Crippen molar-refractivity contribution in [3.8, 4) is 11.4 Å². The fraction of sp³-hybridized carbons (Fsp3) is 0.261. The Morgan fingerprint density at radius 2 is 1.93 bits per heavy atom. The number of amides is 1. The Bertz CT molecular complexity index is 1020. The molecule has 0 N–H and O–H groups in total. The van der Waals surface area contributed by atoms with Crippen molar-refractivity contribution in [2.75, 3.05) is 0 Å². The summed E-state index contributed by atoms with van der Waals surface area (Å²) in [6.07, 6.45) is 4.77. The second-order valence-electron chi connectivity index (χ2n) is 7.49. The fourth-order valence-electron chi connectivity index (χ4n) is 4.44. The lowest BCUT2D eigenvalue weighted by molar-refractivity contribution is 0.0644. The van der Waals surface area contributed by atoms with Crippen LogP contribution < -0.4 is 0 Å². The van der Waals surface area contributed by atoms with Gasteiger partial charge in [-0.3, -0.25) is 4.79 Å². The van der Waals surface area contributed by atoms with E-state index in [9.17, 15) is 4.79 Å². The third kappa shape index (κ3) is 2.72. The lowest BCUT2D eigenvalue weighted by Gasteiger charge is -2.35. The van der Waals surface area contributed by atoms with Crippen molar-refractivity contribution < 1.29 is 4.79 Å². The number of carbonyl (C=O) groups excluding carboxylic acids is 1. The van der Waals surface area contributed by atoms with Gasteiger partial charge in [-0.1, -0.05) is 48.0 Å². The zero-order valence-corrected chi connectivity index (χ0v) is 15.3. The number of fused-ring (bicyclic) bond motifs is 4. The van der Waals surface area contributed by atoms with Gasteiger partial charge in [-0.15, -0.1) is 0 Å². The van der Waals surface area contributed by atoms with Crippen LogP contribution in [0, 0.1) is 6.92 Å². The molecule has 0 spiro atoms. The third-order valence-corrected chi connectivity index (χ3v) is 5.72. The van der Waals surface area contributed by atoms with Crippen LogP contribution in [0.1, 0.15) is 46.1 Å². The van der Waals surface area contributed by atoms with Crippen molar-refractivity contribution in [2.45, 2.75) is 38.3 Å². The third-order valence-electron chi connectivity index (χ3n) is 5.72. The van der Waals surface area contributed by atoms with Crippen molar-refractivity contribution in [1.82, 2.24) is 14.9 Å². The van der Waals surface area contributed by atoms with Gasteiger partial charge in [0.25, 0.3) is 5.91 Å². The molecule has 2 aliphatic heterocycles. The highest BCUT2D eigenvalue weighted by Crippen LogP contribution is 2.44. The van der Waals surface area contributed by atoms with Gasteiger partial charge in [-0.25, -0.2) is 9.97 Å². The summed E-state index contributed by atoms with van der Waals surface area (Å²) in [6.45, 7) is 2.02. The van der Waals surface area contributed by atoms with Crippen molar-refractivity contribution in [1.29, 1.82) is 0 Å².